The molecule has 0 aliphatic heterocycles. The zero-order valence-electron chi connectivity index (χ0n) is 10.8. The Bertz CT molecular complexity index is 233. The highest BCUT2D eigenvalue weighted by atomic mass is 16.5. The van der Waals surface area contributed by atoms with Crippen LogP contribution in [0.1, 0.15) is 38.5 Å². The van der Waals surface area contributed by atoms with Crippen molar-refractivity contribution in [2.24, 2.45) is 0 Å². The molecule has 2 aliphatic carbocycles. The Morgan fingerprint density at radius 1 is 1.29 bits per heavy atom. The minimum Gasteiger partial charge on any atom is -0.394 e. The number of ether oxygens (including phenoxy) is 2. The van der Waals surface area contributed by atoms with Crippen molar-refractivity contribution in [1.82, 2.24) is 5.32 Å². The first kappa shape index (κ1) is 13.3. The van der Waals surface area contributed by atoms with Gasteiger partial charge in [-0.15, -0.1) is 0 Å². The third kappa shape index (κ3) is 3.91. The van der Waals surface area contributed by atoms with Gasteiger partial charge in [-0.05, 0) is 38.5 Å². The van der Waals surface area contributed by atoms with Gasteiger partial charge in [-0.25, -0.2) is 0 Å². The summed E-state index contributed by atoms with van der Waals surface area (Å²) in [6, 6.07) is 0.639. The van der Waals surface area contributed by atoms with Gasteiger partial charge in [0.15, 0.2) is 0 Å². The third-order valence-electron chi connectivity index (χ3n) is 3.83. The van der Waals surface area contributed by atoms with Crippen LogP contribution in [0.4, 0.5) is 0 Å². The molecule has 2 rings (SSSR count). The van der Waals surface area contributed by atoms with E-state index in [-0.39, 0.29) is 18.2 Å². The van der Waals surface area contributed by atoms with Gasteiger partial charge < -0.3 is 19.9 Å². The van der Waals surface area contributed by atoms with Crippen molar-refractivity contribution in [2.45, 2.75) is 56.2 Å². The molecule has 0 amide bonds. The Labute approximate surface area is 104 Å². The van der Waals surface area contributed by atoms with Crippen molar-refractivity contribution in [2.75, 3.05) is 26.9 Å². The highest BCUT2D eigenvalue weighted by Gasteiger charge is 2.40. The van der Waals surface area contributed by atoms with E-state index in [9.17, 15) is 5.11 Å². The fraction of sp³-hybridized carbons (Fsp3) is 1.00. The van der Waals surface area contributed by atoms with Crippen LogP contribution < -0.4 is 5.32 Å². The van der Waals surface area contributed by atoms with Crippen LogP contribution in [0.5, 0.6) is 0 Å². The van der Waals surface area contributed by atoms with E-state index >= 15 is 0 Å². The van der Waals surface area contributed by atoms with Crippen molar-refractivity contribution in [1.29, 1.82) is 0 Å². The maximum absolute atomic E-state index is 9.66. The summed E-state index contributed by atoms with van der Waals surface area (Å²) in [6.07, 6.45) is 7.05. The fourth-order valence-electron chi connectivity index (χ4n) is 2.73. The van der Waals surface area contributed by atoms with E-state index < -0.39 is 0 Å². The van der Waals surface area contributed by atoms with Crippen LogP contribution in [0.15, 0.2) is 0 Å². The Balaban J connectivity index is 1.80. The minimum atomic E-state index is -0.0862. The average Bonchev–Trinajstić information content (AvgIpc) is 3.14. The predicted molar refractivity (Wildman–Crippen MR) is 66.1 cm³/mol. The zero-order valence-corrected chi connectivity index (χ0v) is 10.8. The van der Waals surface area contributed by atoms with E-state index in [2.05, 4.69) is 5.32 Å². The first-order valence-corrected chi connectivity index (χ1v) is 6.77. The maximum Gasteiger partial charge on any atom is 0.0704 e. The van der Waals surface area contributed by atoms with Gasteiger partial charge in [-0.3, -0.25) is 0 Å². The fourth-order valence-corrected chi connectivity index (χ4v) is 2.73. The van der Waals surface area contributed by atoms with Crippen molar-refractivity contribution in [3.05, 3.63) is 0 Å². The molecule has 0 aromatic rings. The van der Waals surface area contributed by atoms with E-state index in [0.717, 1.165) is 25.7 Å². The Morgan fingerprint density at radius 3 is 2.76 bits per heavy atom. The van der Waals surface area contributed by atoms with Crippen molar-refractivity contribution in [3.8, 4) is 0 Å². The van der Waals surface area contributed by atoms with Gasteiger partial charge in [-0.2, -0.15) is 0 Å². The number of methoxy groups -OCH3 is 1. The smallest absolute Gasteiger partial charge is 0.0704 e. The van der Waals surface area contributed by atoms with E-state index in [1.165, 1.54) is 12.8 Å². The van der Waals surface area contributed by atoms with Crippen LogP contribution in [0.2, 0.25) is 0 Å². The zero-order chi connectivity index (χ0) is 12.1. The van der Waals surface area contributed by atoms with Crippen LogP contribution in [0, 0.1) is 0 Å². The lowest BCUT2D eigenvalue weighted by atomic mass is 9.80. The first-order valence-electron chi connectivity index (χ1n) is 6.77. The summed E-state index contributed by atoms with van der Waals surface area (Å²) < 4.78 is 10.8. The van der Waals surface area contributed by atoms with Gasteiger partial charge in [0.25, 0.3) is 0 Å². The standard InChI is InChI=1S/C13H25NO3/c1-16-7-8-17-12-3-2-6-13(9-12,10-15)14-11-4-5-11/h11-12,14-15H,2-10H2,1H3. The first-order chi connectivity index (χ1) is 8.28. The molecule has 0 aromatic carbocycles. The lowest BCUT2D eigenvalue weighted by Gasteiger charge is -2.40. The number of nitrogens with one attached hydrogen (secondary N) is 1. The molecule has 100 valence electrons. The van der Waals surface area contributed by atoms with E-state index in [1.54, 1.807) is 7.11 Å². The second-order valence-electron chi connectivity index (χ2n) is 5.44. The Kier molecular flexibility index (Phi) is 4.79. The summed E-state index contributed by atoms with van der Waals surface area (Å²) >= 11 is 0. The molecule has 0 aromatic heterocycles. The molecule has 4 heteroatoms. The van der Waals surface area contributed by atoms with Gasteiger partial charge in [-0.1, -0.05) is 0 Å². The molecule has 2 fully saturated rings. The summed E-state index contributed by atoms with van der Waals surface area (Å²) in [4.78, 5) is 0. The highest BCUT2D eigenvalue weighted by Crippen LogP contribution is 2.33. The predicted octanol–water partition coefficient (Wildman–Crippen LogP) is 1.08. The highest BCUT2D eigenvalue weighted by molar-refractivity contribution is 4.99. The average molecular weight is 243 g/mol. The van der Waals surface area contributed by atoms with Crippen LogP contribution in [0.25, 0.3) is 0 Å². The topological polar surface area (TPSA) is 50.7 Å². The summed E-state index contributed by atoms with van der Waals surface area (Å²) in [7, 11) is 1.69. The molecular weight excluding hydrogens is 218 g/mol. The second kappa shape index (κ2) is 6.14. The van der Waals surface area contributed by atoms with Gasteiger partial charge >= 0.3 is 0 Å². The lowest BCUT2D eigenvalue weighted by molar-refractivity contribution is -0.0325. The molecule has 0 heterocycles. The lowest BCUT2D eigenvalue weighted by Crippen LogP contribution is -2.54. The largest absolute Gasteiger partial charge is 0.394 e. The molecule has 0 radical (unpaired) electrons. The molecule has 2 saturated carbocycles. The molecule has 0 saturated heterocycles. The van der Waals surface area contributed by atoms with Crippen molar-refractivity contribution >= 4 is 0 Å². The van der Waals surface area contributed by atoms with Crippen LogP contribution in [-0.2, 0) is 9.47 Å². The van der Waals surface area contributed by atoms with Crippen LogP contribution in [0.3, 0.4) is 0 Å². The summed E-state index contributed by atoms with van der Waals surface area (Å²) in [6.45, 7) is 1.54. The molecule has 2 unspecified atom stereocenters. The Hall–Kier alpha value is -0.160. The molecule has 17 heavy (non-hydrogen) atoms. The number of hydrogen-bond donors (Lipinski definition) is 2. The van der Waals surface area contributed by atoms with Crippen molar-refractivity contribution in [3.63, 3.8) is 0 Å². The monoisotopic (exact) mass is 243 g/mol. The molecule has 2 N–H and O–H groups in total. The molecule has 4 nitrogen and oxygen atoms in total. The quantitative estimate of drug-likeness (QED) is 0.657. The molecule has 2 atom stereocenters. The normalized spacial score (nSPS) is 33.9. The summed E-state index contributed by atoms with van der Waals surface area (Å²) in [5.41, 5.74) is -0.0862. The number of rotatable bonds is 7. The number of hydrogen-bond acceptors (Lipinski definition) is 4. The van der Waals surface area contributed by atoms with E-state index in [0.29, 0.717) is 19.3 Å². The number of aliphatic hydroxyl groups is 1. The second-order valence-corrected chi connectivity index (χ2v) is 5.44. The minimum absolute atomic E-state index is 0.0862. The molecule has 2 aliphatic rings. The maximum atomic E-state index is 9.66. The van der Waals surface area contributed by atoms with Gasteiger partial charge in [0, 0.05) is 18.7 Å². The van der Waals surface area contributed by atoms with Gasteiger partial charge in [0.05, 0.1) is 25.9 Å². The molecular formula is C13H25NO3. The van der Waals surface area contributed by atoms with Crippen molar-refractivity contribution < 1.29 is 14.6 Å². The molecule has 0 spiro atoms. The Morgan fingerprint density at radius 2 is 2.12 bits per heavy atom. The van der Waals surface area contributed by atoms with Gasteiger partial charge in [0.2, 0.25) is 0 Å². The van der Waals surface area contributed by atoms with Crippen LogP contribution >= 0.6 is 0 Å². The molecule has 0 bridgehead atoms. The van der Waals surface area contributed by atoms with Gasteiger partial charge in [0.1, 0.15) is 0 Å². The SMILES string of the molecule is COCCOC1CCCC(CO)(NC2CC2)C1. The number of aliphatic hydroxyl groups excluding tert-OH is 1. The summed E-state index contributed by atoms with van der Waals surface area (Å²) in [5, 5.41) is 13.3. The van der Waals surface area contributed by atoms with Crippen LogP contribution in [-0.4, -0.2) is 49.7 Å². The van der Waals surface area contributed by atoms with E-state index in [1.807, 2.05) is 0 Å². The summed E-state index contributed by atoms with van der Waals surface area (Å²) in [5.74, 6) is 0. The third-order valence-corrected chi connectivity index (χ3v) is 3.83. The van der Waals surface area contributed by atoms with E-state index in [4.69, 9.17) is 9.47 Å².